The standard InChI is InChI=1S/C12H27N.C7H16N2.C6H15N3.C5H14N2O.C4H10N2.C3H9N.H3N/c1-2-3-4-5-6-7-8-9-10-11-12-13;1-2-5-9-6-3-8-4-7-9;7-1-4-9-5-2-8-3-6-9;1-2-3-6-7-4-5-8;5-4-1-2-6-3-4;1-2-3-4;/h2-13H2,1H3;8H,2-7H2,1H3;8H,1-7H2;6-8H,2-5H2,1H3;4,6H,1-3,5H2;2-4H2,1H3;1H3. The van der Waals surface area contributed by atoms with Crippen LogP contribution in [-0.2, 0) is 0 Å². The highest BCUT2D eigenvalue weighted by molar-refractivity contribution is 4.72. The second kappa shape index (κ2) is 52.8. The van der Waals surface area contributed by atoms with E-state index in [0.29, 0.717) is 12.6 Å². The predicted molar refractivity (Wildman–Crippen MR) is 222 cm³/mol. The molecule has 0 bridgehead atoms. The molecule has 3 aliphatic rings. The third kappa shape index (κ3) is 51.8. The van der Waals surface area contributed by atoms with Gasteiger partial charge in [0, 0.05) is 91.1 Å². The second-order valence-electron chi connectivity index (χ2n) is 13.1. The fourth-order valence-electron chi connectivity index (χ4n) is 5.03. The minimum Gasteiger partial charge on any atom is -0.395 e. The topological polar surface area (TPSA) is 226 Å². The van der Waals surface area contributed by atoms with Gasteiger partial charge < -0.3 is 55.0 Å². The van der Waals surface area contributed by atoms with E-state index in [4.69, 9.17) is 28.0 Å². The Morgan fingerprint density at radius 3 is 1.38 bits per heavy atom. The van der Waals surface area contributed by atoms with Gasteiger partial charge in [0.15, 0.2) is 0 Å². The lowest BCUT2D eigenvalue weighted by molar-refractivity contribution is 0.241. The number of nitrogens with one attached hydrogen (secondary N) is 5. The van der Waals surface area contributed by atoms with Crippen molar-refractivity contribution in [2.45, 2.75) is 124 Å². The molecule has 3 saturated heterocycles. The third-order valence-corrected chi connectivity index (χ3v) is 8.09. The van der Waals surface area contributed by atoms with Gasteiger partial charge in [0.25, 0.3) is 0 Å². The van der Waals surface area contributed by atoms with Gasteiger partial charge in [-0.05, 0) is 58.3 Å². The van der Waals surface area contributed by atoms with Crippen molar-refractivity contribution >= 4 is 0 Å². The number of hydrogen-bond acceptors (Lipinski definition) is 13. The molecule has 0 radical (unpaired) electrons. The van der Waals surface area contributed by atoms with E-state index < -0.39 is 0 Å². The van der Waals surface area contributed by atoms with Gasteiger partial charge >= 0.3 is 0 Å². The molecule has 0 amide bonds. The van der Waals surface area contributed by atoms with Crippen LogP contribution in [0.25, 0.3) is 0 Å². The Bertz CT molecular complexity index is 493. The quantitative estimate of drug-likeness (QED) is 0.0642. The molecule has 1 atom stereocenters. The Morgan fingerprint density at radius 1 is 0.560 bits per heavy atom. The second-order valence-corrected chi connectivity index (χ2v) is 13.1. The predicted octanol–water partition coefficient (Wildman–Crippen LogP) is 2.32. The van der Waals surface area contributed by atoms with Crippen LogP contribution in [0.4, 0.5) is 0 Å². The van der Waals surface area contributed by atoms with Crippen molar-refractivity contribution in [3.63, 3.8) is 0 Å². The van der Waals surface area contributed by atoms with Crippen molar-refractivity contribution in [3.8, 4) is 0 Å². The number of aliphatic hydroxyl groups excluding tert-OH is 1. The number of rotatable bonds is 20. The average Bonchev–Trinajstić information content (AvgIpc) is 3.63. The summed E-state index contributed by atoms with van der Waals surface area (Å²) in [5.41, 5.74) is 27.1. The summed E-state index contributed by atoms with van der Waals surface area (Å²) in [7, 11) is 0. The van der Waals surface area contributed by atoms with Gasteiger partial charge in [-0.3, -0.25) is 15.8 Å². The lowest BCUT2D eigenvalue weighted by Crippen LogP contribution is -2.45. The monoisotopic (exact) mass is 723 g/mol. The Kier molecular flexibility index (Phi) is 59.4. The van der Waals surface area contributed by atoms with Crippen molar-refractivity contribution < 1.29 is 5.11 Å². The first-order chi connectivity index (χ1) is 24.0. The molecule has 3 rings (SSSR count). The van der Waals surface area contributed by atoms with Crippen LogP contribution >= 0.6 is 0 Å². The maximum atomic E-state index is 8.26. The number of hydrazine groups is 1. The zero-order chi connectivity index (χ0) is 36.9. The third-order valence-electron chi connectivity index (χ3n) is 8.09. The molecular weight excluding hydrogens is 628 g/mol. The molecule has 1 unspecified atom stereocenters. The lowest BCUT2D eigenvalue weighted by atomic mass is 10.1. The number of piperazine rings is 2. The molecule has 13 nitrogen and oxygen atoms in total. The molecule has 50 heavy (non-hydrogen) atoms. The maximum Gasteiger partial charge on any atom is 0.0569 e. The molecule has 13 heteroatoms. The summed E-state index contributed by atoms with van der Waals surface area (Å²) in [4.78, 5) is 4.90. The van der Waals surface area contributed by atoms with E-state index in [-0.39, 0.29) is 12.8 Å². The van der Waals surface area contributed by atoms with Crippen LogP contribution in [0.5, 0.6) is 0 Å². The van der Waals surface area contributed by atoms with Crippen LogP contribution in [0.2, 0.25) is 0 Å². The first-order valence-electron chi connectivity index (χ1n) is 20.5. The molecule has 0 spiro atoms. The summed E-state index contributed by atoms with van der Waals surface area (Å²) in [5, 5.41) is 18.0. The van der Waals surface area contributed by atoms with E-state index in [1.54, 1.807) is 0 Å². The Morgan fingerprint density at radius 2 is 1.04 bits per heavy atom. The maximum absolute atomic E-state index is 8.26. The summed E-state index contributed by atoms with van der Waals surface area (Å²) < 4.78 is 0. The van der Waals surface area contributed by atoms with Crippen molar-refractivity contribution in [1.82, 2.24) is 42.8 Å². The zero-order valence-corrected chi connectivity index (χ0v) is 34.1. The van der Waals surface area contributed by atoms with Gasteiger partial charge in [-0.2, -0.15) is 0 Å². The molecule has 0 aromatic heterocycles. The van der Waals surface area contributed by atoms with Crippen molar-refractivity contribution in [1.29, 1.82) is 0 Å². The van der Waals surface area contributed by atoms with Crippen molar-refractivity contribution in [3.05, 3.63) is 0 Å². The van der Waals surface area contributed by atoms with Gasteiger partial charge in [0.1, 0.15) is 0 Å². The van der Waals surface area contributed by atoms with Crippen molar-refractivity contribution in [2.75, 3.05) is 118 Å². The Balaban J connectivity index is -0.000000260. The van der Waals surface area contributed by atoms with E-state index in [9.17, 15) is 0 Å². The minimum absolute atomic E-state index is 0. The summed E-state index contributed by atoms with van der Waals surface area (Å²) in [6.45, 7) is 26.8. The van der Waals surface area contributed by atoms with Crippen LogP contribution in [-0.4, -0.2) is 139 Å². The first-order valence-corrected chi connectivity index (χ1v) is 20.5. The van der Waals surface area contributed by atoms with Gasteiger partial charge in [-0.15, -0.1) is 0 Å². The Labute approximate surface area is 311 Å². The smallest absolute Gasteiger partial charge is 0.0569 e. The molecule has 17 N–H and O–H groups in total. The number of aliphatic hydroxyl groups is 1. The Hall–Kier alpha value is -0.520. The average molecular weight is 723 g/mol. The van der Waals surface area contributed by atoms with Crippen LogP contribution in [0.3, 0.4) is 0 Å². The molecule has 0 aromatic rings. The van der Waals surface area contributed by atoms with Crippen LogP contribution in [0.15, 0.2) is 0 Å². The van der Waals surface area contributed by atoms with Gasteiger partial charge in [-0.1, -0.05) is 85.5 Å². The normalized spacial score (nSPS) is 17.1. The van der Waals surface area contributed by atoms with E-state index >= 15 is 0 Å². The number of nitrogens with zero attached hydrogens (tertiary/aromatic N) is 2. The zero-order valence-electron chi connectivity index (χ0n) is 34.1. The molecular formula is C37H94N12O. The number of unbranched alkanes of at least 4 members (excludes halogenated alkanes) is 9. The van der Waals surface area contributed by atoms with E-state index in [2.05, 4.69) is 64.3 Å². The van der Waals surface area contributed by atoms with E-state index in [1.807, 2.05) is 0 Å². The summed E-state index contributed by atoms with van der Waals surface area (Å²) in [6, 6.07) is 0.435. The highest BCUT2D eigenvalue weighted by Gasteiger charge is 2.07. The summed E-state index contributed by atoms with van der Waals surface area (Å²) >= 11 is 0. The molecule has 3 heterocycles. The molecule has 0 aromatic carbocycles. The van der Waals surface area contributed by atoms with E-state index in [0.717, 1.165) is 91.3 Å². The highest BCUT2D eigenvalue weighted by atomic mass is 16.3. The SMILES string of the molecule is CCCCCCCCCCCCN.CCCN.CCCN1CCNCC1.CCCNNCCO.N.NC1CCNC1.NCCN1CCNCC1. The fraction of sp³-hybridized carbons (Fsp3) is 1.00. The molecule has 0 aliphatic carbocycles. The van der Waals surface area contributed by atoms with Gasteiger partial charge in [0.2, 0.25) is 0 Å². The number of hydrogen-bond donors (Lipinski definition) is 11. The minimum atomic E-state index is 0. The first kappa shape index (κ1) is 56.2. The highest BCUT2D eigenvalue weighted by Crippen LogP contribution is 2.10. The largest absolute Gasteiger partial charge is 0.395 e. The van der Waals surface area contributed by atoms with Crippen LogP contribution < -0.4 is 55.9 Å². The molecule has 3 fully saturated rings. The lowest BCUT2D eigenvalue weighted by Gasteiger charge is -2.26. The molecule has 308 valence electrons. The van der Waals surface area contributed by atoms with Gasteiger partial charge in [-0.25, -0.2) is 0 Å². The van der Waals surface area contributed by atoms with Crippen molar-refractivity contribution in [2.24, 2.45) is 22.9 Å². The summed E-state index contributed by atoms with van der Waals surface area (Å²) in [6.07, 6.45) is 18.6. The van der Waals surface area contributed by atoms with Crippen LogP contribution in [0.1, 0.15) is 118 Å². The molecule has 3 aliphatic heterocycles. The number of nitrogens with two attached hydrogens (primary N) is 4. The fourth-order valence-corrected chi connectivity index (χ4v) is 5.03. The molecule has 0 saturated carbocycles. The van der Waals surface area contributed by atoms with Crippen LogP contribution in [0, 0.1) is 0 Å². The summed E-state index contributed by atoms with van der Waals surface area (Å²) in [5.74, 6) is 0. The van der Waals surface area contributed by atoms with E-state index in [1.165, 1.54) is 103 Å². The van der Waals surface area contributed by atoms with Gasteiger partial charge in [0.05, 0.1) is 6.61 Å².